The molecular formula is C28H45N3O2. The lowest BCUT2D eigenvalue weighted by molar-refractivity contribution is -0.161. The Labute approximate surface area is 200 Å². The van der Waals surface area contributed by atoms with Crippen LogP contribution in [0.5, 0.6) is 0 Å². The predicted molar refractivity (Wildman–Crippen MR) is 128 cm³/mol. The van der Waals surface area contributed by atoms with Gasteiger partial charge in [0.25, 0.3) is 0 Å². The Hall–Kier alpha value is -0.940. The van der Waals surface area contributed by atoms with Crippen molar-refractivity contribution in [2.45, 2.75) is 104 Å². The first kappa shape index (κ1) is 22.5. The summed E-state index contributed by atoms with van der Waals surface area (Å²) in [6.07, 6.45) is 13.6. The van der Waals surface area contributed by atoms with Crippen molar-refractivity contribution in [3.63, 3.8) is 0 Å². The van der Waals surface area contributed by atoms with Gasteiger partial charge in [0.05, 0.1) is 12.3 Å². The smallest absolute Gasteiger partial charge is 0.114 e. The maximum absolute atomic E-state index is 10.3. The third-order valence-corrected chi connectivity index (χ3v) is 12.2. The second kappa shape index (κ2) is 7.06. The first-order valence-corrected chi connectivity index (χ1v) is 13.7. The van der Waals surface area contributed by atoms with Crippen molar-refractivity contribution >= 4 is 0 Å². The van der Waals surface area contributed by atoms with E-state index in [0.717, 1.165) is 36.1 Å². The van der Waals surface area contributed by atoms with E-state index in [4.69, 9.17) is 4.74 Å². The molecule has 6 rings (SSSR count). The number of hydrogen-bond acceptors (Lipinski definition) is 4. The molecule has 5 aliphatic rings. The van der Waals surface area contributed by atoms with Gasteiger partial charge in [-0.05, 0) is 112 Å². The average Bonchev–Trinajstić information content (AvgIpc) is 3.02. The molecule has 5 fully saturated rings. The van der Waals surface area contributed by atoms with E-state index in [1.807, 2.05) is 18.0 Å². The Bertz CT molecular complexity index is 922. The summed E-state index contributed by atoms with van der Waals surface area (Å²) in [6.45, 7) is 12.2. The summed E-state index contributed by atoms with van der Waals surface area (Å²) in [7, 11) is 2.00. The molecular weight excluding hydrogens is 410 g/mol. The van der Waals surface area contributed by atoms with Crippen LogP contribution < -0.4 is 0 Å². The second-order valence-electron chi connectivity index (χ2n) is 13.8. The van der Waals surface area contributed by atoms with Crippen molar-refractivity contribution in [3.05, 3.63) is 11.9 Å². The van der Waals surface area contributed by atoms with Crippen LogP contribution in [0, 0.1) is 51.8 Å². The molecule has 0 aromatic carbocycles. The van der Waals surface area contributed by atoms with E-state index in [-0.39, 0.29) is 0 Å². The molecule has 0 radical (unpaired) electrons. The molecule has 1 heterocycles. The van der Waals surface area contributed by atoms with E-state index in [9.17, 15) is 5.11 Å². The molecule has 0 bridgehead atoms. The summed E-state index contributed by atoms with van der Waals surface area (Å²) >= 11 is 0. The summed E-state index contributed by atoms with van der Waals surface area (Å²) in [5.41, 5.74) is 1.20. The molecule has 0 amide bonds. The summed E-state index contributed by atoms with van der Waals surface area (Å²) in [6, 6.07) is 0. The molecule has 5 saturated carbocycles. The zero-order valence-electron chi connectivity index (χ0n) is 21.7. The minimum Gasteiger partial charge on any atom is -0.384 e. The van der Waals surface area contributed by atoms with Crippen molar-refractivity contribution in [2.75, 3.05) is 7.11 Å². The third-order valence-electron chi connectivity index (χ3n) is 12.2. The van der Waals surface area contributed by atoms with Crippen LogP contribution in [0.4, 0.5) is 0 Å². The largest absolute Gasteiger partial charge is 0.384 e. The number of hydrogen-bond donors (Lipinski definition) is 1. The van der Waals surface area contributed by atoms with E-state index >= 15 is 0 Å². The zero-order valence-corrected chi connectivity index (χ0v) is 21.7. The van der Waals surface area contributed by atoms with Crippen molar-refractivity contribution in [3.8, 4) is 0 Å². The molecule has 33 heavy (non-hydrogen) atoms. The summed E-state index contributed by atoms with van der Waals surface area (Å²) < 4.78 is 8.26. The zero-order chi connectivity index (χ0) is 23.4. The number of fused-ring (bicyclic) bond motifs is 4. The molecule has 0 aliphatic heterocycles. The van der Waals surface area contributed by atoms with Gasteiger partial charge in [-0.1, -0.05) is 26.0 Å². The van der Waals surface area contributed by atoms with Gasteiger partial charge in [-0.2, -0.15) is 0 Å². The number of aromatic nitrogens is 3. The third kappa shape index (κ3) is 2.90. The van der Waals surface area contributed by atoms with E-state index in [1.165, 1.54) is 51.4 Å². The van der Waals surface area contributed by atoms with Gasteiger partial charge in [0, 0.05) is 19.1 Å². The lowest BCUT2D eigenvalue weighted by atomic mass is 9.45. The fraction of sp³-hybridized carbons (Fsp3) is 0.929. The highest BCUT2D eigenvalue weighted by molar-refractivity contribution is 5.26. The molecule has 2 unspecified atom stereocenters. The monoisotopic (exact) mass is 455 g/mol. The van der Waals surface area contributed by atoms with Crippen molar-refractivity contribution in [1.29, 1.82) is 0 Å². The molecule has 10 atom stereocenters. The molecule has 0 saturated heterocycles. The Morgan fingerprint density at radius 1 is 1.18 bits per heavy atom. The minimum atomic E-state index is -0.933. The summed E-state index contributed by atoms with van der Waals surface area (Å²) in [5, 5.41) is 18.9. The summed E-state index contributed by atoms with van der Waals surface area (Å²) in [4.78, 5) is 0. The van der Waals surface area contributed by atoms with Gasteiger partial charge in [-0.25, -0.2) is 0 Å². The highest BCUT2D eigenvalue weighted by Gasteiger charge is 2.77. The lowest BCUT2D eigenvalue weighted by Crippen LogP contribution is -2.57. The van der Waals surface area contributed by atoms with Crippen LogP contribution in [0.1, 0.15) is 91.7 Å². The Balaban J connectivity index is 1.23. The Kier molecular flexibility index (Phi) is 4.82. The maximum atomic E-state index is 10.3. The predicted octanol–water partition coefficient (Wildman–Crippen LogP) is 5.43. The standard InChI is InChI=1S/C28H45N3O2/c1-17(15-31-16-23(29-30-31)25(2,3)32)20-7-8-21-19-13-24(33-6)28-14-18(28)9-12-27(28,5)22(19)10-11-26(20,21)4/h16-22,24,32H,7-15H2,1-6H3/t17-,18?,19+,20-,21+,22+,24-,26-,27-,28?/m1/s1. The van der Waals surface area contributed by atoms with Crippen LogP contribution in [0.25, 0.3) is 0 Å². The SMILES string of the molecule is CO[C@@H]1C[C@H]2[C@@H]3CC[C@H]([C@H](C)Cn4cc(C(C)(C)O)nn4)[C@@]3(C)CC[C@@H]2[C@@]2(C)CCC3CC312. The van der Waals surface area contributed by atoms with Gasteiger partial charge in [0.1, 0.15) is 11.3 Å². The van der Waals surface area contributed by atoms with Gasteiger partial charge >= 0.3 is 0 Å². The molecule has 1 aromatic rings. The molecule has 1 aromatic heterocycles. The fourth-order valence-electron chi connectivity index (χ4n) is 10.6. The van der Waals surface area contributed by atoms with Gasteiger partial charge < -0.3 is 9.84 Å². The van der Waals surface area contributed by atoms with Crippen molar-refractivity contribution < 1.29 is 9.84 Å². The van der Waals surface area contributed by atoms with E-state index in [2.05, 4.69) is 31.1 Å². The van der Waals surface area contributed by atoms with E-state index in [1.54, 1.807) is 13.8 Å². The van der Waals surface area contributed by atoms with Gasteiger partial charge in [0.2, 0.25) is 0 Å². The molecule has 1 spiro atoms. The average molecular weight is 456 g/mol. The van der Waals surface area contributed by atoms with Crippen LogP contribution in [0.15, 0.2) is 6.20 Å². The van der Waals surface area contributed by atoms with E-state index in [0.29, 0.717) is 34.0 Å². The van der Waals surface area contributed by atoms with Crippen LogP contribution in [0.2, 0.25) is 0 Å². The van der Waals surface area contributed by atoms with Crippen molar-refractivity contribution in [2.24, 2.45) is 51.8 Å². The maximum Gasteiger partial charge on any atom is 0.114 e. The summed E-state index contributed by atoms with van der Waals surface area (Å²) in [5.74, 6) is 4.85. The highest BCUT2D eigenvalue weighted by atomic mass is 16.5. The molecule has 184 valence electrons. The van der Waals surface area contributed by atoms with Crippen LogP contribution in [0.3, 0.4) is 0 Å². The number of methoxy groups -OCH3 is 1. The van der Waals surface area contributed by atoms with Gasteiger partial charge in [-0.15, -0.1) is 5.10 Å². The fourth-order valence-corrected chi connectivity index (χ4v) is 10.6. The first-order chi connectivity index (χ1) is 15.5. The number of ether oxygens (including phenoxy) is 1. The normalized spacial score (nSPS) is 49.2. The minimum absolute atomic E-state index is 0.432. The lowest BCUT2D eigenvalue weighted by Gasteiger charge is -2.61. The van der Waals surface area contributed by atoms with Crippen LogP contribution in [-0.4, -0.2) is 33.3 Å². The Morgan fingerprint density at radius 2 is 1.97 bits per heavy atom. The van der Waals surface area contributed by atoms with E-state index < -0.39 is 5.60 Å². The Morgan fingerprint density at radius 3 is 2.64 bits per heavy atom. The second-order valence-corrected chi connectivity index (χ2v) is 13.8. The molecule has 5 heteroatoms. The number of rotatable bonds is 5. The van der Waals surface area contributed by atoms with Crippen molar-refractivity contribution in [1.82, 2.24) is 15.0 Å². The molecule has 5 aliphatic carbocycles. The quantitative estimate of drug-likeness (QED) is 0.643. The van der Waals surface area contributed by atoms with Crippen LogP contribution in [-0.2, 0) is 16.9 Å². The molecule has 1 N–H and O–H groups in total. The van der Waals surface area contributed by atoms with Gasteiger partial charge in [-0.3, -0.25) is 4.68 Å². The topological polar surface area (TPSA) is 60.2 Å². The highest BCUT2D eigenvalue weighted by Crippen LogP contribution is 2.82. The van der Waals surface area contributed by atoms with Gasteiger partial charge in [0.15, 0.2) is 0 Å². The molecule has 5 nitrogen and oxygen atoms in total. The van der Waals surface area contributed by atoms with Crippen LogP contribution >= 0.6 is 0 Å². The number of aliphatic hydroxyl groups is 1. The first-order valence-electron chi connectivity index (χ1n) is 13.7. The number of nitrogens with zero attached hydrogens (tertiary/aromatic N) is 3.